The largest absolute Gasteiger partial charge is 0.378 e. The summed E-state index contributed by atoms with van der Waals surface area (Å²) in [5.41, 5.74) is 2.89. The minimum absolute atomic E-state index is 0.202. The maximum atomic E-state index is 13.4. The Morgan fingerprint density at radius 2 is 1.76 bits per heavy atom. The summed E-state index contributed by atoms with van der Waals surface area (Å²) in [6, 6.07) is 14.0. The molecular formula is C25H26N4O4. The highest BCUT2D eigenvalue weighted by Gasteiger charge is 2.45. The lowest BCUT2D eigenvalue weighted by molar-refractivity contribution is -0.120. The first kappa shape index (κ1) is 21.2. The van der Waals surface area contributed by atoms with Gasteiger partial charge in [0.25, 0.3) is 5.91 Å². The summed E-state index contributed by atoms with van der Waals surface area (Å²) >= 11 is 0. The van der Waals surface area contributed by atoms with Crippen LogP contribution in [0.2, 0.25) is 0 Å². The fourth-order valence-electron chi connectivity index (χ4n) is 4.58. The summed E-state index contributed by atoms with van der Waals surface area (Å²) in [5.74, 6) is -0.481. The Bertz CT molecular complexity index is 1090. The summed E-state index contributed by atoms with van der Waals surface area (Å²) in [7, 11) is 0. The highest BCUT2D eigenvalue weighted by molar-refractivity contribution is 6.11. The minimum atomic E-state index is -0.738. The number of benzene rings is 2. The quantitative estimate of drug-likeness (QED) is 0.709. The Morgan fingerprint density at radius 3 is 2.55 bits per heavy atom. The highest BCUT2D eigenvalue weighted by atomic mass is 16.5. The average Bonchev–Trinajstić information content (AvgIpc) is 3.23. The summed E-state index contributed by atoms with van der Waals surface area (Å²) in [6.07, 6.45) is 4.46. The number of anilines is 1. The van der Waals surface area contributed by atoms with E-state index in [1.807, 2.05) is 48.6 Å². The molecule has 5 rings (SSSR count). The van der Waals surface area contributed by atoms with Crippen LogP contribution in [0.15, 0.2) is 48.5 Å². The van der Waals surface area contributed by atoms with Gasteiger partial charge in [-0.3, -0.25) is 9.59 Å². The van der Waals surface area contributed by atoms with Gasteiger partial charge in [-0.05, 0) is 29.7 Å². The zero-order chi connectivity index (χ0) is 22.8. The Kier molecular flexibility index (Phi) is 5.83. The maximum Gasteiger partial charge on any atom is 0.317 e. The van der Waals surface area contributed by atoms with Crippen LogP contribution < -0.4 is 10.6 Å². The molecule has 0 unspecified atom stereocenters. The van der Waals surface area contributed by atoms with Crippen molar-refractivity contribution in [3.8, 4) is 0 Å². The molecular weight excluding hydrogens is 420 g/mol. The van der Waals surface area contributed by atoms with Crippen molar-refractivity contribution in [2.45, 2.75) is 18.5 Å². The van der Waals surface area contributed by atoms with E-state index < -0.39 is 12.1 Å². The molecule has 33 heavy (non-hydrogen) atoms. The summed E-state index contributed by atoms with van der Waals surface area (Å²) in [5, 5.41) is 5.87. The van der Waals surface area contributed by atoms with Crippen molar-refractivity contribution in [1.29, 1.82) is 0 Å². The molecule has 2 N–H and O–H groups in total. The first-order valence-electron chi connectivity index (χ1n) is 11.2. The number of amides is 4. The molecule has 0 saturated carbocycles. The molecule has 3 aliphatic heterocycles. The molecule has 2 fully saturated rings. The number of rotatable bonds is 3. The molecule has 2 saturated heterocycles. The smallest absolute Gasteiger partial charge is 0.317 e. The monoisotopic (exact) mass is 446 g/mol. The van der Waals surface area contributed by atoms with E-state index in [2.05, 4.69) is 10.6 Å². The van der Waals surface area contributed by atoms with Crippen LogP contribution in [0.4, 0.5) is 10.5 Å². The van der Waals surface area contributed by atoms with Crippen molar-refractivity contribution in [2.75, 3.05) is 38.2 Å². The molecule has 3 aliphatic rings. The fraction of sp³-hybridized carbons (Fsp3) is 0.320. The number of carbonyl (C=O) groups excluding carboxylic acids is 3. The zero-order valence-electron chi connectivity index (χ0n) is 18.2. The molecule has 0 radical (unpaired) electrons. The van der Waals surface area contributed by atoms with Crippen molar-refractivity contribution in [1.82, 2.24) is 15.1 Å². The maximum absolute atomic E-state index is 13.4. The van der Waals surface area contributed by atoms with Gasteiger partial charge in [0.05, 0.1) is 30.5 Å². The van der Waals surface area contributed by atoms with E-state index in [0.717, 1.165) is 11.1 Å². The van der Waals surface area contributed by atoms with Crippen LogP contribution >= 0.6 is 0 Å². The van der Waals surface area contributed by atoms with Gasteiger partial charge >= 0.3 is 6.03 Å². The number of ether oxygens (including phenoxy) is 1. The lowest BCUT2D eigenvalue weighted by Gasteiger charge is -2.30. The van der Waals surface area contributed by atoms with Gasteiger partial charge in [-0.1, -0.05) is 48.6 Å². The van der Waals surface area contributed by atoms with Crippen molar-refractivity contribution in [2.24, 2.45) is 0 Å². The lowest BCUT2D eigenvalue weighted by atomic mass is 10.1. The lowest BCUT2D eigenvalue weighted by Crippen LogP contribution is -2.55. The van der Waals surface area contributed by atoms with E-state index in [4.69, 9.17) is 4.74 Å². The zero-order valence-corrected chi connectivity index (χ0v) is 18.2. The van der Waals surface area contributed by atoms with Gasteiger partial charge in [-0.15, -0.1) is 0 Å². The molecule has 2 aromatic rings. The molecule has 3 heterocycles. The van der Waals surface area contributed by atoms with Gasteiger partial charge in [0.15, 0.2) is 0 Å². The van der Waals surface area contributed by atoms with E-state index in [-0.39, 0.29) is 17.8 Å². The second kappa shape index (κ2) is 9.07. The summed E-state index contributed by atoms with van der Waals surface area (Å²) < 4.78 is 5.30. The van der Waals surface area contributed by atoms with E-state index in [0.29, 0.717) is 50.5 Å². The second-order valence-electron chi connectivity index (χ2n) is 8.43. The predicted molar refractivity (Wildman–Crippen MR) is 125 cm³/mol. The van der Waals surface area contributed by atoms with Gasteiger partial charge in [0.1, 0.15) is 6.04 Å². The number of morpholine rings is 1. The van der Waals surface area contributed by atoms with Gasteiger partial charge in [0, 0.05) is 19.6 Å². The first-order valence-corrected chi connectivity index (χ1v) is 11.2. The fourth-order valence-corrected chi connectivity index (χ4v) is 4.58. The van der Waals surface area contributed by atoms with Gasteiger partial charge in [-0.25, -0.2) is 4.79 Å². The SMILES string of the molecule is O=C1Nc2ccc(/C=C/c3ccccc3)cc2C(=O)N2CC[C@H](NC(=O)N3CCOCC3)[C@@H]12. The number of hydrogen-bond acceptors (Lipinski definition) is 4. The summed E-state index contributed by atoms with van der Waals surface area (Å²) in [4.78, 5) is 42.4. The standard InChI is InChI=1S/C25H26N4O4/c30-23-22-21(27-25(32)28-12-14-33-15-13-28)10-11-29(22)24(31)19-16-18(8-9-20(19)26-23)7-6-17-4-2-1-3-5-17/h1-9,16,21-22H,10-15H2,(H,26,30)(H,27,32)/b7-6+/t21-,22-/m0/s1. The Morgan fingerprint density at radius 1 is 1.00 bits per heavy atom. The minimum Gasteiger partial charge on any atom is -0.378 e. The highest BCUT2D eigenvalue weighted by Crippen LogP contribution is 2.30. The van der Waals surface area contributed by atoms with Crippen molar-refractivity contribution in [3.05, 3.63) is 65.2 Å². The van der Waals surface area contributed by atoms with Crippen LogP contribution in [0.25, 0.3) is 12.2 Å². The number of hydrogen-bond donors (Lipinski definition) is 2. The van der Waals surface area contributed by atoms with Crippen molar-refractivity contribution in [3.63, 3.8) is 0 Å². The molecule has 8 nitrogen and oxygen atoms in total. The van der Waals surface area contributed by atoms with Crippen LogP contribution in [-0.4, -0.2) is 72.6 Å². The topological polar surface area (TPSA) is 91.0 Å². The number of carbonyl (C=O) groups is 3. The molecule has 2 atom stereocenters. The molecule has 0 aromatic heterocycles. The van der Waals surface area contributed by atoms with Crippen molar-refractivity contribution < 1.29 is 19.1 Å². The van der Waals surface area contributed by atoms with E-state index in [1.54, 1.807) is 21.9 Å². The van der Waals surface area contributed by atoms with E-state index >= 15 is 0 Å². The van der Waals surface area contributed by atoms with Crippen LogP contribution in [0.5, 0.6) is 0 Å². The van der Waals surface area contributed by atoms with Crippen LogP contribution in [0, 0.1) is 0 Å². The first-order chi connectivity index (χ1) is 16.1. The normalized spacial score (nSPS) is 22.5. The predicted octanol–water partition coefficient (Wildman–Crippen LogP) is 2.43. The number of nitrogens with one attached hydrogen (secondary N) is 2. The molecule has 0 aliphatic carbocycles. The van der Waals surface area contributed by atoms with E-state index in [1.165, 1.54) is 0 Å². The molecule has 8 heteroatoms. The van der Waals surface area contributed by atoms with Gasteiger partial charge in [0.2, 0.25) is 5.91 Å². The third kappa shape index (κ3) is 4.34. The summed E-state index contributed by atoms with van der Waals surface area (Å²) in [6.45, 7) is 2.45. The molecule has 170 valence electrons. The number of nitrogens with zero attached hydrogens (tertiary/aromatic N) is 2. The Labute approximate surface area is 192 Å². The number of fused-ring (bicyclic) bond motifs is 2. The van der Waals surface area contributed by atoms with Crippen LogP contribution in [-0.2, 0) is 9.53 Å². The number of urea groups is 1. The molecule has 0 bridgehead atoms. The third-order valence-electron chi connectivity index (χ3n) is 6.33. The van der Waals surface area contributed by atoms with Crippen LogP contribution in [0.1, 0.15) is 27.9 Å². The van der Waals surface area contributed by atoms with Crippen molar-refractivity contribution >= 4 is 35.7 Å². The van der Waals surface area contributed by atoms with Gasteiger partial charge in [-0.2, -0.15) is 0 Å². The third-order valence-corrected chi connectivity index (χ3v) is 6.33. The Balaban J connectivity index is 1.35. The molecule has 2 aromatic carbocycles. The Hall–Kier alpha value is -3.65. The van der Waals surface area contributed by atoms with Crippen LogP contribution in [0.3, 0.4) is 0 Å². The van der Waals surface area contributed by atoms with Gasteiger partial charge < -0.3 is 25.2 Å². The average molecular weight is 447 g/mol. The molecule has 4 amide bonds. The van der Waals surface area contributed by atoms with E-state index in [9.17, 15) is 14.4 Å². The second-order valence-corrected chi connectivity index (χ2v) is 8.43. The molecule has 0 spiro atoms.